The summed E-state index contributed by atoms with van der Waals surface area (Å²) < 4.78 is 24.2. The average Bonchev–Trinajstić information content (AvgIpc) is 2.66. The van der Waals surface area contributed by atoms with Crippen molar-refractivity contribution in [3.8, 4) is 11.5 Å². The highest BCUT2D eigenvalue weighted by Gasteiger charge is 2.17. The number of hydrogen-bond acceptors (Lipinski definition) is 3. The lowest BCUT2D eigenvalue weighted by atomic mass is 10.1. The minimum atomic E-state index is -0.587. The Bertz CT molecular complexity index is 688. The van der Waals surface area contributed by atoms with Crippen molar-refractivity contribution < 1.29 is 18.7 Å². The maximum absolute atomic E-state index is 12.9. The maximum Gasteiger partial charge on any atom is 0.261 e. The molecule has 0 saturated carbocycles. The number of rotatable bonds is 10. The Kier molecular flexibility index (Phi) is 7.93. The van der Waals surface area contributed by atoms with Crippen LogP contribution in [0.15, 0.2) is 48.5 Å². The largest absolute Gasteiger partial charge is 0.494 e. The second-order valence-electron chi connectivity index (χ2n) is 5.90. The highest BCUT2D eigenvalue weighted by atomic mass is 19.1. The molecule has 0 bridgehead atoms. The Hall–Kier alpha value is -2.56. The summed E-state index contributed by atoms with van der Waals surface area (Å²) in [5.41, 5.74) is 1.14. The lowest BCUT2D eigenvalue weighted by molar-refractivity contribution is -0.128. The molecule has 1 amide bonds. The highest BCUT2D eigenvalue weighted by molar-refractivity contribution is 5.81. The van der Waals surface area contributed by atoms with Crippen molar-refractivity contribution in [2.24, 2.45) is 0 Å². The topological polar surface area (TPSA) is 47.6 Å². The van der Waals surface area contributed by atoms with Crippen LogP contribution < -0.4 is 14.8 Å². The van der Waals surface area contributed by atoms with E-state index in [1.165, 1.54) is 24.3 Å². The van der Waals surface area contributed by atoms with Crippen LogP contribution in [-0.2, 0) is 11.2 Å². The molecule has 0 unspecified atom stereocenters. The number of carbonyl (C=O) groups excluding carboxylic acids is 1. The summed E-state index contributed by atoms with van der Waals surface area (Å²) in [4.78, 5) is 12.3. The molecule has 4 nitrogen and oxygen atoms in total. The van der Waals surface area contributed by atoms with Gasteiger partial charge in [0.15, 0.2) is 6.10 Å². The van der Waals surface area contributed by atoms with Gasteiger partial charge in [0, 0.05) is 6.54 Å². The van der Waals surface area contributed by atoms with E-state index >= 15 is 0 Å². The van der Waals surface area contributed by atoms with Crippen molar-refractivity contribution in [1.29, 1.82) is 0 Å². The van der Waals surface area contributed by atoms with Crippen LogP contribution in [0.4, 0.5) is 4.39 Å². The monoisotopic (exact) mass is 359 g/mol. The van der Waals surface area contributed by atoms with Gasteiger partial charge in [0.1, 0.15) is 17.3 Å². The van der Waals surface area contributed by atoms with E-state index in [1.807, 2.05) is 38.1 Å². The molecule has 2 aromatic carbocycles. The Morgan fingerprint density at radius 2 is 1.85 bits per heavy atom. The van der Waals surface area contributed by atoms with Gasteiger partial charge in [0.05, 0.1) is 6.61 Å². The molecule has 0 aliphatic heterocycles. The number of benzene rings is 2. The molecule has 0 aliphatic carbocycles. The first kappa shape index (κ1) is 19.8. The summed E-state index contributed by atoms with van der Waals surface area (Å²) in [6.07, 6.45) is 1.59. The van der Waals surface area contributed by atoms with E-state index in [9.17, 15) is 9.18 Å². The normalized spacial score (nSPS) is 11.7. The van der Waals surface area contributed by atoms with Gasteiger partial charge >= 0.3 is 0 Å². The smallest absolute Gasteiger partial charge is 0.261 e. The van der Waals surface area contributed by atoms with Crippen molar-refractivity contribution in [2.45, 2.75) is 39.2 Å². The Labute approximate surface area is 154 Å². The summed E-state index contributed by atoms with van der Waals surface area (Å²) in [7, 11) is 0. The van der Waals surface area contributed by atoms with Crippen molar-refractivity contribution >= 4 is 5.91 Å². The predicted octanol–water partition coefficient (Wildman–Crippen LogP) is 4.13. The number of amides is 1. The van der Waals surface area contributed by atoms with Gasteiger partial charge in [-0.25, -0.2) is 4.39 Å². The second-order valence-corrected chi connectivity index (χ2v) is 5.90. The van der Waals surface area contributed by atoms with E-state index < -0.39 is 6.10 Å². The molecule has 1 atom stereocenters. The van der Waals surface area contributed by atoms with Crippen LogP contribution >= 0.6 is 0 Å². The van der Waals surface area contributed by atoms with E-state index in [1.54, 1.807) is 0 Å². The van der Waals surface area contributed by atoms with Gasteiger partial charge in [-0.3, -0.25) is 4.79 Å². The molecule has 2 rings (SSSR count). The third kappa shape index (κ3) is 6.06. The van der Waals surface area contributed by atoms with Gasteiger partial charge in [-0.05, 0) is 62.1 Å². The van der Waals surface area contributed by atoms with Crippen LogP contribution in [0.5, 0.6) is 11.5 Å². The quantitative estimate of drug-likeness (QED) is 0.649. The highest BCUT2D eigenvalue weighted by Crippen LogP contribution is 2.19. The zero-order valence-corrected chi connectivity index (χ0v) is 15.3. The molecule has 0 spiro atoms. The average molecular weight is 359 g/mol. The van der Waals surface area contributed by atoms with E-state index in [-0.39, 0.29) is 11.7 Å². The van der Waals surface area contributed by atoms with Crippen LogP contribution in [-0.4, -0.2) is 25.2 Å². The minimum absolute atomic E-state index is 0.157. The van der Waals surface area contributed by atoms with Crippen molar-refractivity contribution in [3.05, 3.63) is 59.9 Å². The molecule has 0 aliphatic rings. The molecule has 0 saturated heterocycles. The van der Waals surface area contributed by atoms with Crippen LogP contribution in [0, 0.1) is 5.82 Å². The molecular formula is C21H26FNO3. The summed E-state index contributed by atoms with van der Waals surface area (Å²) in [6, 6.07) is 13.6. The summed E-state index contributed by atoms with van der Waals surface area (Å²) in [6.45, 7) is 5.03. The van der Waals surface area contributed by atoms with Crippen molar-refractivity contribution in [3.63, 3.8) is 0 Å². The molecule has 0 heterocycles. The molecule has 5 heteroatoms. The van der Waals surface area contributed by atoms with E-state index in [4.69, 9.17) is 9.47 Å². The van der Waals surface area contributed by atoms with Gasteiger partial charge in [-0.15, -0.1) is 0 Å². The van der Waals surface area contributed by atoms with Crippen molar-refractivity contribution in [1.82, 2.24) is 5.32 Å². The second kappa shape index (κ2) is 10.4. The first-order chi connectivity index (χ1) is 12.6. The molecule has 0 radical (unpaired) electrons. The SMILES string of the molecule is CCOc1ccccc1CCCNC(=O)[C@@H](CC)Oc1ccc(F)cc1. The van der Waals surface area contributed by atoms with E-state index in [0.717, 1.165) is 24.2 Å². The molecule has 140 valence electrons. The Balaban J connectivity index is 1.79. The van der Waals surface area contributed by atoms with Gasteiger partial charge in [0.25, 0.3) is 5.91 Å². The van der Waals surface area contributed by atoms with Crippen LogP contribution in [0.25, 0.3) is 0 Å². The molecule has 0 fully saturated rings. The molecule has 1 N–H and O–H groups in total. The third-order valence-electron chi connectivity index (χ3n) is 3.95. The number of nitrogens with one attached hydrogen (secondary N) is 1. The Morgan fingerprint density at radius 1 is 1.12 bits per heavy atom. The fourth-order valence-corrected chi connectivity index (χ4v) is 2.61. The minimum Gasteiger partial charge on any atom is -0.494 e. The summed E-state index contributed by atoms with van der Waals surface area (Å²) in [5.74, 6) is 0.892. The number of carbonyl (C=O) groups is 1. The van der Waals surface area contributed by atoms with Gasteiger partial charge in [-0.2, -0.15) is 0 Å². The molecule has 26 heavy (non-hydrogen) atoms. The summed E-state index contributed by atoms with van der Waals surface area (Å²) >= 11 is 0. The van der Waals surface area contributed by atoms with E-state index in [0.29, 0.717) is 25.3 Å². The van der Waals surface area contributed by atoms with Crippen molar-refractivity contribution in [2.75, 3.05) is 13.2 Å². The zero-order chi connectivity index (χ0) is 18.8. The Morgan fingerprint density at radius 3 is 2.54 bits per heavy atom. The number of halogens is 1. The zero-order valence-electron chi connectivity index (χ0n) is 15.3. The fourth-order valence-electron chi connectivity index (χ4n) is 2.61. The molecule has 2 aromatic rings. The van der Waals surface area contributed by atoms with Gasteiger partial charge in [-0.1, -0.05) is 25.1 Å². The van der Waals surface area contributed by atoms with Gasteiger partial charge < -0.3 is 14.8 Å². The molecule has 0 aromatic heterocycles. The lowest BCUT2D eigenvalue weighted by Gasteiger charge is -2.17. The van der Waals surface area contributed by atoms with Crippen LogP contribution in [0.3, 0.4) is 0 Å². The predicted molar refractivity (Wildman–Crippen MR) is 100 cm³/mol. The first-order valence-corrected chi connectivity index (χ1v) is 9.04. The summed E-state index contributed by atoms with van der Waals surface area (Å²) in [5, 5.41) is 2.91. The number of hydrogen-bond donors (Lipinski definition) is 1. The maximum atomic E-state index is 12.9. The fraction of sp³-hybridized carbons (Fsp3) is 0.381. The standard InChI is InChI=1S/C21H26FNO3/c1-3-19(26-18-13-11-17(22)12-14-18)21(24)23-15-7-9-16-8-5-6-10-20(16)25-4-2/h5-6,8,10-14,19H,3-4,7,9,15H2,1-2H3,(H,23,24)/t19-/m1/s1. The van der Waals surface area contributed by atoms with E-state index in [2.05, 4.69) is 5.32 Å². The number of ether oxygens (including phenoxy) is 2. The van der Waals surface area contributed by atoms with Gasteiger partial charge in [0.2, 0.25) is 0 Å². The lowest BCUT2D eigenvalue weighted by Crippen LogP contribution is -2.38. The number of para-hydroxylation sites is 1. The van der Waals surface area contributed by atoms with Crippen LogP contribution in [0.2, 0.25) is 0 Å². The third-order valence-corrected chi connectivity index (χ3v) is 3.95. The number of aryl methyl sites for hydroxylation is 1. The first-order valence-electron chi connectivity index (χ1n) is 9.04. The molecular weight excluding hydrogens is 333 g/mol. The van der Waals surface area contributed by atoms with Crippen LogP contribution in [0.1, 0.15) is 32.3 Å².